The van der Waals surface area contributed by atoms with E-state index in [9.17, 15) is 4.39 Å². The van der Waals surface area contributed by atoms with Crippen LogP contribution in [0.15, 0.2) is 66.9 Å². The van der Waals surface area contributed by atoms with Gasteiger partial charge >= 0.3 is 0 Å². The highest BCUT2D eigenvalue weighted by Gasteiger charge is 2.25. The molecule has 1 saturated heterocycles. The number of hydrogen-bond donors (Lipinski definition) is 2. The number of nitrogens with zero attached hydrogens (tertiary/aromatic N) is 4. The first-order valence-electron chi connectivity index (χ1n) is 10.9. The number of nitrogen functional groups attached to an aromatic ring is 1. The van der Waals surface area contributed by atoms with Gasteiger partial charge in [-0.15, -0.1) is 0 Å². The summed E-state index contributed by atoms with van der Waals surface area (Å²) in [5, 5.41) is 0. The number of benzene rings is 2. The molecule has 3 N–H and O–H groups in total. The second kappa shape index (κ2) is 8.88. The van der Waals surface area contributed by atoms with Crippen molar-refractivity contribution in [3.63, 3.8) is 0 Å². The number of rotatable bonds is 5. The summed E-state index contributed by atoms with van der Waals surface area (Å²) in [5.74, 6) is 1.20. The van der Waals surface area contributed by atoms with Gasteiger partial charge in [-0.3, -0.25) is 4.90 Å². The summed E-state index contributed by atoms with van der Waals surface area (Å²) in [5.41, 5.74) is 10.2. The minimum atomic E-state index is -0.275. The summed E-state index contributed by atoms with van der Waals surface area (Å²) in [6, 6.07) is 18.8. The maximum atomic E-state index is 13.5. The second-order valence-corrected chi connectivity index (χ2v) is 8.19. The molecule has 6 nitrogen and oxygen atoms in total. The van der Waals surface area contributed by atoms with Gasteiger partial charge in [0.15, 0.2) is 0 Å². The van der Waals surface area contributed by atoms with Gasteiger partial charge in [-0.05, 0) is 61.8 Å². The number of nitrogens with two attached hydrogens (primary N) is 1. The molecule has 1 aliphatic heterocycles. The fourth-order valence-corrected chi connectivity index (χ4v) is 4.31. The molecule has 0 amide bonds. The molecule has 0 saturated carbocycles. The minimum absolute atomic E-state index is 0.206. The number of aromatic nitrogens is 4. The highest BCUT2D eigenvalue weighted by atomic mass is 19.1. The van der Waals surface area contributed by atoms with Crippen LogP contribution in [0.3, 0.4) is 0 Å². The summed E-state index contributed by atoms with van der Waals surface area (Å²) in [6.07, 6.45) is 3.68. The smallest absolute Gasteiger partial charge is 0.220 e. The maximum Gasteiger partial charge on any atom is 0.220 e. The number of halogens is 1. The van der Waals surface area contributed by atoms with Crippen LogP contribution in [-0.2, 0) is 6.54 Å². The lowest BCUT2D eigenvalue weighted by Crippen LogP contribution is -2.32. The lowest BCUT2D eigenvalue weighted by molar-refractivity contribution is 0.202. The fraction of sp³-hybridized carbons (Fsp3) is 0.240. The number of imidazole rings is 1. The number of likely N-dealkylation sites (tertiary alicyclic amines) is 1. The monoisotopic (exact) mass is 428 g/mol. The van der Waals surface area contributed by atoms with Crippen LogP contribution in [0, 0.1) is 5.82 Å². The lowest BCUT2D eigenvalue weighted by atomic mass is 9.96. The van der Waals surface area contributed by atoms with Gasteiger partial charge in [-0.1, -0.05) is 30.3 Å². The Morgan fingerprint density at radius 1 is 0.969 bits per heavy atom. The number of aromatic amines is 1. The first-order valence-corrected chi connectivity index (χ1v) is 10.9. The number of anilines is 1. The van der Waals surface area contributed by atoms with Crippen LogP contribution in [0.4, 0.5) is 10.3 Å². The Bertz CT molecular complexity index is 1180. The summed E-state index contributed by atoms with van der Waals surface area (Å²) < 4.78 is 13.5. The van der Waals surface area contributed by atoms with Crippen LogP contribution < -0.4 is 5.73 Å². The van der Waals surface area contributed by atoms with Gasteiger partial charge in [0.05, 0.1) is 17.1 Å². The molecule has 2 aromatic heterocycles. The van der Waals surface area contributed by atoms with Crippen molar-refractivity contribution in [2.24, 2.45) is 0 Å². The van der Waals surface area contributed by atoms with Crippen molar-refractivity contribution in [3.8, 4) is 22.6 Å². The van der Waals surface area contributed by atoms with Gasteiger partial charge in [0.25, 0.3) is 0 Å². The molecule has 5 rings (SSSR count). The number of hydrogen-bond acceptors (Lipinski definition) is 5. The summed E-state index contributed by atoms with van der Waals surface area (Å²) in [7, 11) is 0. The van der Waals surface area contributed by atoms with E-state index in [2.05, 4.69) is 44.1 Å². The average molecular weight is 429 g/mol. The van der Waals surface area contributed by atoms with Gasteiger partial charge in [0.2, 0.25) is 5.95 Å². The van der Waals surface area contributed by atoms with Crippen molar-refractivity contribution in [2.45, 2.75) is 25.3 Å². The molecule has 0 aliphatic carbocycles. The van der Waals surface area contributed by atoms with Gasteiger partial charge in [0.1, 0.15) is 11.6 Å². The first kappa shape index (κ1) is 20.3. The van der Waals surface area contributed by atoms with Crippen molar-refractivity contribution in [3.05, 3.63) is 84.1 Å². The molecule has 162 valence electrons. The zero-order chi connectivity index (χ0) is 21.9. The Labute approximate surface area is 186 Å². The van der Waals surface area contributed by atoms with E-state index in [-0.39, 0.29) is 11.8 Å². The Balaban J connectivity index is 1.40. The van der Waals surface area contributed by atoms with Crippen molar-refractivity contribution in [1.29, 1.82) is 0 Å². The SMILES string of the molecule is Nc1nccc(-c2[nH]c(C3CCN(Cc4ccccc4)CC3)nc2-c2ccc(F)cc2)n1. The van der Waals surface area contributed by atoms with E-state index >= 15 is 0 Å². The van der Waals surface area contributed by atoms with E-state index in [4.69, 9.17) is 10.7 Å². The number of H-pyrrole nitrogens is 1. The van der Waals surface area contributed by atoms with Gasteiger partial charge in [-0.2, -0.15) is 0 Å². The van der Waals surface area contributed by atoms with Gasteiger partial charge in [-0.25, -0.2) is 19.3 Å². The Kier molecular flexibility index (Phi) is 5.64. The van der Waals surface area contributed by atoms with Crippen LogP contribution in [0.2, 0.25) is 0 Å². The Hall–Kier alpha value is -3.58. The fourth-order valence-electron chi connectivity index (χ4n) is 4.31. The minimum Gasteiger partial charge on any atom is -0.368 e. The molecular formula is C25H25FN6. The number of nitrogens with one attached hydrogen (secondary N) is 1. The van der Waals surface area contributed by atoms with E-state index < -0.39 is 0 Å². The molecule has 0 bridgehead atoms. The molecule has 4 aromatic rings. The van der Waals surface area contributed by atoms with Crippen LogP contribution in [-0.4, -0.2) is 37.9 Å². The normalized spacial score (nSPS) is 15.2. The highest BCUT2D eigenvalue weighted by Crippen LogP contribution is 2.34. The maximum absolute atomic E-state index is 13.5. The molecule has 0 radical (unpaired) electrons. The van der Waals surface area contributed by atoms with Crippen LogP contribution in [0.1, 0.15) is 30.1 Å². The molecule has 0 atom stereocenters. The van der Waals surface area contributed by atoms with E-state index in [0.717, 1.165) is 55.3 Å². The van der Waals surface area contributed by atoms with E-state index in [0.29, 0.717) is 11.6 Å². The third-order valence-electron chi connectivity index (χ3n) is 5.99. The Morgan fingerprint density at radius 2 is 1.72 bits per heavy atom. The topological polar surface area (TPSA) is 83.7 Å². The predicted molar refractivity (Wildman–Crippen MR) is 123 cm³/mol. The predicted octanol–water partition coefficient (Wildman–Crippen LogP) is 4.63. The standard InChI is InChI=1S/C25H25FN6/c26-20-8-6-18(7-9-20)22-23(21-10-13-28-25(27)29-21)31-24(30-22)19-11-14-32(15-12-19)16-17-4-2-1-3-5-17/h1-10,13,19H,11-12,14-16H2,(H,30,31)(H2,27,28,29). The third kappa shape index (κ3) is 4.38. The van der Waals surface area contributed by atoms with Crippen LogP contribution >= 0.6 is 0 Å². The molecule has 0 unspecified atom stereocenters. The first-order chi connectivity index (χ1) is 15.7. The highest BCUT2D eigenvalue weighted by molar-refractivity contribution is 5.77. The van der Waals surface area contributed by atoms with Crippen molar-refractivity contribution in [2.75, 3.05) is 18.8 Å². The molecule has 32 heavy (non-hydrogen) atoms. The Morgan fingerprint density at radius 3 is 2.44 bits per heavy atom. The molecule has 0 spiro atoms. The average Bonchev–Trinajstić information content (AvgIpc) is 3.26. The zero-order valence-corrected chi connectivity index (χ0v) is 17.7. The third-order valence-corrected chi connectivity index (χ3v) is 5.99. The van der Waals surface area contributed by atoms with Crippen molar-refractivity contribution < 1.29 is 4.39 Å². The molecule has 1 aliphatic rings. The molecular weight excluding hydrogens is 403 g/mol. The summed E-state index contributed by atoms with van der Waals surface area (Å²) in [6.45, 7) is 3.00. The largest absolute Gasteiger partial charge is 0.368 e. The van der Waals surface area contributed by atoms with Crippen molar-refractivity contribution in [1.82, 2.24) is 24.8 Å². The molecule has 3 heterocycles. The van der Waals surface area contributed by atoms with Crippen LogP contribution in [0.25, 0.3) is 22.6 Å². The van der Waals surface area contributed by atoms with Gasteiger partial charge in [0, 0.05) is 24.2 Å². The van der Waals surface area contributed by atoms with E-state index in [1.807, 2.05) is 12.1 Å². The van der Waals surface area contributed by atoms with E-state index in [1.54, 1.807) is 18.3 Å². The molecule has 2 aromatic carbocycles. The lowest BCUT2D eigenvalue weighted by Gasteiger charge is -2.31. The summed E-state index contributed by atoms with van der Waals surface area (Å²) >= 11 is 0. The van der Waals surface area contributed by atoms with Crippen LogP contribution in [0.5, 0.6) is 0 Å². The summed E-state index contributed by atoms with van der Waals surface area (Å²) in [4.78, 5) is 19.3. The van der Waals surface area contributed by atoms with E-state index in [1.165, 1.54) is 17.7 Å². The van der Waals surface area contributed by atoms with Crippen molar-refractivity contribution >= 4 is 5.95 Å². The second-order valence-electron chi connectivity index (χ2n) is 8.19. The number of piperidine rings is 1. The van der Waals surface area contributed by atoms with Gasteiger partial charge < -0.3 is 10.7 Å². The molecule has 7 heteroatoms. The zero-order valence-electron chi connectivity index (χ0n) is 17.7. The molecule has 1 fully saturated rings. The quantitative estimate of drug-likeness (QED) is 0.484.